The number of ether oxygens (including phenoxy) is 2. The third kappa shape index (κ3) is 5.13. The van der Waals surface area contributed by atoms with Gasteiger partial charge in [-0.3, -0.25) is 9.59 Å². The maximum Gasteiger partial charge on any atom is 0.295 e. The summed E-state index contributed by atoms with van der Waals surface area (Å²) in [6.07, 6.45) is 1.63. The topological polar surface area (TPSA) is 76.1 Å². The fourth-order valence-electron chi connectivity index (χ4n) is 4.42. The van der Waals surface area contributed by atoms with Gasteiger partial charge in [0.1, 0.15) is 23.9 Å². The van der Waals surface area contributed by atoms with E-state index in [4.69, 9.17) is 9.47 Å². The predicted molar refractivity (Wildman–Crippen MR) is 139 cm³/mol. The molecule has 6 heteroatoms. The molecule has 1 fully saturated rings. The van der Waals surface area contributed by atoms with Gasteiger partial charge in [0.15, 0.2) is 0 Å². The Bertz CT molecular complexity index is 1260. The third-order valence-electron chi connectivity index (χ3n) is 6.41. The van der Waals surface area contributed by atoms with E-state index >= 15 is 0 Å². The first kappa shape index (κ1) is 25.0. The zero-order valence-electron chi connectivity index (χ0n) is 20.9. The van der Waals surface area contributed by atoms with Crippen LogP contribution >= 0.6 is 0 Å². The van der Waals surface area contributed by atoms with Crippen molar-refractivity contribution in [2.24, 2.45) is 0 Å². The molecule has 0 aromatic heterocycles. The Balaban J connectivity index is 1.69. The van der Waals surface area contributed by atoms with E-state index in [-0.39, 0.29) is 11.3 Å². The average Bonchev–Trinajstić information content (AvgIpc) is 3.16. The van der Waals surface area contributed by atoms with Crippen molar-refractivity contribution in [3.8, 4) is 11.5 Å². The second-order valence-corrected chi connectivity index (χ2v) is 8.87. The Labute approximate surface area is 211 Å². The molecule has 0 aliphatic carbocycles. The fraction of sp³-hybridized carbons (Fsp3) is 0.267. The molecule has 1 N–H and O–H groups in total. The highest BCUT2D eigenvalue weighted by molar-refractivity contribution is 6.46. The molecule has 6 nitrogen and oxygen atoms in total. The van der Waals surface area contributed by atoms with E-state index in [1.807, 2.05) is 56.3 Å². The second-order valence-electron chi connectivity index (χ2n) is 8.87. The summed E-state index contributed by atoms with van der Waals surface area (Å²) in [6, 6.07) is 21.7. The first-order chi connectivity index (χ1) is 17.4. The standard InChI is InChI=1S/C30H31NO5/c1-4-5-17-31-27(22-11-14-24(35-3)15-12-22)26(29(33)30(31)34)28(32)23-13-16-25(20(2)18-23)36-19-21-9-7-6-8-10-21/h6-16,18,27,32H,4-5,17,19H2,1-3H3/b28-26-. The van der Waals surface area contributed by atoms with E-state index in [1.54, 1.807) is 42.3 Å². The minimum atomic E-state index is -0.675. The van der Waals surface area contributed by atoms with Crippen molar-refractivity contribution >= 4 is 17.4 Å². The first-order valence-electron chi connectivity index (χ1n) is 12.1. The molecule has 0 saturated carbocycles. The molecule has 3 aromatic rings. The second kappa shape index (κ2) is 11.1. The maximum absolute atomic E-state index is 13.2. The number of hydrogen-bond acceptors (Lipinski definition) is 5. The number of Topliss-reactive ketones (excluding diaryl/α,β-unsaturated/α-hetero) is 1. The van der Waals surface area contributed by atoms with Crippen LogP contribution in [0, 0.1) is 6.92 Å². The molecular formula is C30H31NO5. The molecule has 4 rings (SSSR count). The monoisotopic (exact) mass is 485 g/mol. The van der Waals surface area contributed by atoms with Gasteiger partial charge in [0.2, 0.25) is 0 Å². The molecule has 1 atom stereocenters. The van der Waals surface area contributed by atoms with Gasteiger partial charge in [0, 0.05) is 12.1 Å². The van der Waals surface area contributed by atoms with Crippen molar-refractivity contribution in [3.05, 3.63) is 101 Å². The molecule has 0 bridgehead atoms. The van der Waals surface area contributed by atoms with Crippen LogP contribution in [0.1, 0.15) is 48.1 Å². The van der Waals surface area contributed by atoms with E-state index in [1.165, 1.54) is 0 Å². The van der Waals surface area contributed by atoms with E-state index < -0.39 is 17.7 Å². The quantitative estimate of drug-likeness (QED) is 0.235. The Morgan fingerprint density at radius 2 is 1.72 bits per heavy atom. The van der Waals surface area contributed by atoms with Crippen LogP contribution in [0.5, 0.6) is 11.5 Å². The number of likely N-dealkylation sites (tertiary alicyclic amines) is 1. The van der Waals surface area contributed by atoms with Gasteiger partial charge in [-0.2, -0.15) is 0 Å². The Morgan fingerprint density at radius 3 is 2.36 bits per heavy atom. The van der Waals surface area contributed by atoms with Crippen molar-refractivity contribution in [2.75, 3.05) is 13.7 Å². The number of carbonyl (C=O) groups is 2. The number of unbranched alkanes of at least 4 members (excludes halogenated alkanes) is 1. The minimum absolute atomic E-state index is 0.0959. The molecule has 186 valence electrons. The number of aliphatic hydroxyl groups excluding tert-OH is 1. The maximum atomic E-state index is 13.2. The van der Waals surface area contributed by atoms with Crippen LogP contribution in [0.3, 0.4) is 0 Å². The van der Waals surface area contributed by atoms with Crippen molar-refractivity contribution in [3.63, 3.8) is 0 Å². The number of benzene rings is 3. The van der Waals surface area contributed by atoms with Gasteiger partial charge in [-0.1, -0.05) is 55.8 Å². The molecule has 36 heavy (non-hydrogen) atoms. The molecular weight excluding hydrogens is 454 g/mol. The molecule has 1 aliphatic rings. The molecule has 1 saturated heterocycles. The summed E-state index contributed by atoms with van der Waals surface area (Å²) in [6.45, 7) is 4.77. The van der Waals surface area contributed by atoms with Crippen LogP contribution in [-0.2, 0) is 16.2 Å². The summed E-state index contributed by atoms with van der Waals surface area (Å²) < 4.78 is 11.2. The number of carbonyl (C=O) groups excluding carboxylic acids is 2. The summed E-state index contributed by atoms with van der Waals surface area (Å²) in [7, 11) is 1.58. The zero-order chi connectivity index (χ0) is 25.7. The molecule has 1 aliphatic heterocycles. The number of hydrogen-bond donors (Lipinski definition) is 1. The Kier molecular flexibility index (Phi) is 7.74. The Hall–Kier alpha value is -4.06. The zero-order valence-corrected chi connectivity index (χ0v) is 20.9. The number of aryl methyl sites for hydroxylation is 1. The van der Waals surface area contributed by atoms with Crippen molar-refractivity contribution in [1.82, 2.24) is 4.90 Å². The number of methoxy groups -OCH3 is 1. The van der Waals surface area contributed by atoms with Crippen LogP contribution in [0.4, 0.5) is 0 Å². The van der Waals surface area contributed by atoms with Crippen LogP contribution in [0.15, 0.2) is 78.4 Å². The van der Waals surface area contributed by atoms with Crippen LogP contribution in [-0.4, -0.2) is 35.4 Å². The molecule has 1 unspecified atom stereocenters. The van der Waals surface area contributed by atoms with Crippen LogP contribution < -0.4 is 9.47 Å². The number of aliphatic hydroxyl groups is 1. The van der Waals surface area contributed by atoms with Crippen molar-refractivity contribution < 1.29 is 24.2 Å². The molecule has 3 aromatic carbocycles. The van der Waals surface area contributed by atoms with Gasteiger partial charge in [-0.15, -0.1) is 0 Å². The lowest BCUT2D eigenvalue weighted by Crippen LogP contribution is -2.30. The van der Waals surface area contributed by atoms with Crippen LogP contribution in [0.2, 0.25) is 0 Å². The van der Waals surface area contributed by atoms with Gasteiger partial charge in [-0.05, 0) is 60.4 Å². The lowest BCUT2D eigenvalue weighted by atomic mass is 9.94. The summed E-state index contributed by atoms with van der Waals surface area (Å²) in [5.41, 5.74) is 3.17. The van der Waals surface area contributed by atoms with Crippen molar-refractivity contribution in [2.45, 2.75) is 39.3 Å². The highest BCUT2D eigenvalue weighted by Crippen LogP contribution is 2.40. The summed E-state index contributed by atoms with van der Waals surface area (Å²) in [4.78, 5) is 27.7. The van der Waals surface area contributed by atoms with E-state index in [9.17, 15) is 14.7 Å². The minimum Gasteiger partial charge on any atom is -0.507 e. The van der Waals surface area contributed by atoms with Gasteiger partial charge in [0.25, 0.3) is 11.7 Å². The highest BCUT2D eigenvalue weighted by atomic mass is 16.5. The number of rotatable bonds is 9. The van der Waals surface area contributed by atoms with Gasteiger partial charge < -0.3 is 19.5 Å². The number of ketones is 1. The first-order valence-corrected chi connectivity index (χ1v) is 12.1. The number of amides is 1. The van der Waals surface area contributed by atoms with Gasteiger partial charge in [0.05, 0.1) is 18.7 Å². The van der Waals surface area contributed by atoms with E-state index in [0.717, 1.165) is 29.5 Å². The molecule has 1 heterocycles. The molecule has 0 radical (unpaired) electrons. The molecule has 0 spiro atoms. The predicted octanol–water partition coefficient (Wildman–Crippen LogP) is 5.80. The van der Waals surface area contributed by atoms with Gasteiger partial charge >= 0.3 is 0 Å². The fourth-order valence-corrected chi connectivity index (χ4v) is 4.42. The lowest BCUT2D eigenvalue weighted by Gasteiger charge is -2.25. The molecule has 1 amide bonds. The van der Waals surface area contributed by atoms with Crippen LogP contribution in [0.25, 0.3) is 5.76 Å². The Morgan fingerprint density at radius 1 is 1.00 bits per heavy atom. The largest absolute Gasteiger partial charge is 0.507 e. The SMILES string of the molecule is CCCCN1C(=O)C(=O)/C(=C(\O)c2ccc(OCc3ccccc3)c(C)c2)C1c1ccc(OC)cc1. The third-order valence-corrected chi connectivity index (χ3v) is 6.41. The van der Waals surface area contributed by atoms with E-state index in [2.05, 4.69) is 0 Å². The highest BCUT2D eigenvalue weighted by Gasteiger charge is 2.45. The van der Waals surface area contributed by atoms with Crippen molar-refractivity contribution in [1.29, 1.82) is 0 Å². The normalized spacial score (nSPS) is 16.9. The lowest BCUT2D eigenvalue weighted by molar-refractivity contribution is -0.139. The summed E-state index contributed by atoms with van der Waals surface area (Å²) in [5.74, 6) is -0.0980. The smallest absolute Gasteiger partial charge is 0.295 e. The van der Waals surface area contributed by atoms with E-state index in [0.29, 0.717) is 30.2 Å². The summed E-state index contributed by atoms with van der Waals surface area (Å²) >= 11 is 0. The summed E-state index contributed by atoms with van der Waals surface area (Å²) in [5, 5.41) is 11.3. The average molecular weight is 486 g/mol. The van der Waals surface area contributed by atoms with Gasteiger partial charge in [-0.25, -0.2) is 0 Å². The number of nitrogens with zero attached hydrogens (tertiary/aromatic N) is 1.